The highest BCUT2D eigenvalue weighted by Gasteiger charge is 2.23. The molecule has 15 heavy (non-hydrogen) atoms. The molecule has 0 aromatic heterocycles. The van der Waals surface area contributed by atoms with Crippen LogP contribution >= 0.6 is 11.6 Å². The van der Waals surface area contributed by atoms with Crippen molar-refractivity contribution >= 4 is 24.0 Å². The minimum absolute atomic E-state index is 0.179. The molecule has 0 aliphatic heterocycles. The van der Waals surface area contributed by atoms with Gasteiger partial charge in [-0.1, -0.05) is 23.7 Å². The molecule has 0 saturated heterocycles. The molecule has 0 aliphatic carbocycles. The van der Waals surface area contributed by atoms with Gasteiger partial charge in [0.15, 0.2) is 6.04 Å². The van der Waals surface area contributed by atoms with E-state index in [9.17, 15) is 14.0 Å². The van der Waals surface area contributed by atoms with Gasteiger partial charge in [0, 0.05) is 5.56 Å². The number of halogens is 2. The third-order valence-corrected chi connectivity index (χ3v) is 2.07. The molecule has 1 amide bonds. The van der Waals surface area contributed by atoms with Crippen LogP contribution in [0.2, 0.25) is 5.02 Å². The first-order chi connectivity index (χ1) is 7.07. The van der Waals surface area contributed by atoms with Gasteiger partial charge in [-0.3, -0.25) is 4.79 Å². The van der Waals surface area contributed by atoms with E-state index in [1.165, 1.54) is 18.2 Å². The Morgan fingerprint density at radius 3 is 2.80 bits per heavy atom. The lowest BCUT2D eigenvalue weighted by Gasteiger charge is -2.12. The molecule has 1 aromatic rings. The summed E-state index contributed by atoms with van der Waals surface area (Å²) in [7, 11) is 0. The maximum Gasteiger partial charge on any atom is 0.331 e. The predicted molar refractivity (Wildman–Crippen MR) is 51.0 cm³/mol. The highest BCUT2D eigenvalue weighted by Crippen LogP contribution is 2.23. The van der Waals surface area contributed by atoms with Gasteiger partial charge in [0.25, 0.3) is 0 Å². The molecule has 80 valence electrons. The average Bonchev–Trinajstić information content (AvgIpc) is 2.19. The third-order valence-electron chi connectivity index (χ3n) is 1.77. The largest absolute Gasteiger partial charge is 0.479 e. The zero-order valence-electron chi connectivity index (χ0n) is 7.41. The molecular weight excluding hydrogens is 225 g/mol. The Morgan fingerprint density at radius 2 is 2.27 bits per heavy atom. The molecule has 2 N–H and O–H groups in total. The van der Waals surface area contributed by atoms with Crippen molar-refractivity contribution in [3.8, 4) is 0 Å². The van der Waals surface area contributed by atoms with Gasteiger partial charge in [-0.15, -0.1) is 0 Å². The lowest BCUT2D eigenvalue weighted by molar-refractivity contribution is -0.140. The van der Waals surface area contributed by atoms with Gasteiger partial charge >= 0.3 is 5.97 Å². The van der Waals surface area contributed by atoms with E-state index in [0.717, 1.165) is 0 Å². The molecule has 6 heteroatoms. The summed E-state index contributed by atoms with van der Waals surface area (Å²) in [5, 5.41) is 10.5. The highest BCUT2D eigenvalue weighted by atomic mass is 35.5. The van der Waals surface area contributed by atoms with Gasteiger partial charge < -0.3 is 10.4 Å². The van der Waals surface area contributed by atoms with Crippen LogP contribution in [0.25, 0.3) is 0 Å². The minimum atomic E-state index is -1.43. The smallest absolute Gasteiger partial charge is 0.331 e. The second-order valence-corrected chi connectivity index (χ2v) is 3.11. The van der Waals surface area contributed by atoms with E-state index in [2.05, 4.69) is 0 Å². The fourth-order valence-corrected chi connectivity index (χ4v) is 1.29. The molecule has 0 saturated carbocycles. The number of amides is 1. The zero-order valence-corrected chi connectivity index (χ0v) is 8.16. The van der Waals surface area contributed by atoms with Crippen molar-refractivity contribution in [1.29, 1.82) is 0 Å². The van der Waals surface area contributed by atoms with E-state index in [1.54, 1.807) is 0 Å². The van der Waals surface area contributed by atoms with Crippen molar-refractivity contribution in [2.24, 2.45) is 0 Å². The highest BCUT2D eigenvalue weighted by molar-refractivity contribution is 6.30. The van der Waals surface area contributed by atoms with Crippen LogP contribution in [0.15, 0.2) is 18.2 Å². The Balaban J connectivity index is 3.16. The number of carbonyl (C=O) groups is 2. The van der Waals surface area contributed by atoms with Crippen LogP contribution < -0.4 is 5.32 Å². The molecule has 0 fully saturated rings. The van der Waals surface area contributed by atoms with Crippen LogP contribution in [-0.2, 0) is 9.59 Å². The summed E-state index contributed by atoms with van der Waals surface area (Å²) in [6.07, 6.45) is 0.194. The molecule has 0 aliphatic rings. The quantitative estimate of drug-likeness (QED) is 0.769. The van der Waals surface area contributed by atoms with Gasteiger partial charge in [-0.05, 0) is 6.07 Å². The minimum Gasteiger partial charge on any atom is -0.479 e. The third kappa shape index (κ3) is 2.44. The second-order valence-electron chi connectivity index (χ2n) is 2.70. The van der Waals surface area contributed by atoms with Crippen LogP contribution in [0, 0.1) is 5.82 Å². The van der Waals surface area contributed by atoms with Gasteiger partial charge in [0.05, 0.1) is 5.02 Å². The van der Waals surface area contributed by atoms with Crippen molar-refractivity contribution in [3.05, 3.63) is 34.6 Å². The van der Waals surface area contributed by atoms with Crippen molar-refractivity contribution in [1.82, 2.24) is 5.32 Å². The Labute approximate surface area is 89.7 Å². The summed E-state index contributed by atoms with van der Waals surface area (Å²) in [4.78, 5) is 20.9. The number of benzene rings is 1. The molecule has 0 spiro atoms. The summed E-state index contributed by atoms with van der Waals surface area (Å²) in [6.45, 7) is 0. The normalized spacial score (nSPS) is 11.9. The standard InChI is InChI=1S/C9H7ClFNO3/c10-6-3-1-2-5(7(6)11)8(9(14)15)12-4-13/h1-4,8H,(H,12,13)(H,14,15). The van der Waals surface area contributed by atoms with Crippen molar-refractivity contribution in [2.75, 3.05) is 0 Å². The van der Waals surface area contributed by atoms with Crippen molar-refractivity contribution in [2.45, 2.75) is 6.04 Å². The lowest BCUT2D eigenvalue weighted by Crippen LogP contribution is -2.28. The van der Waals surface area contributed by atoms with E-state index in [4.69, 9.17) is 16.7 Å². The van der Waals surface area contributed by atoms with Crippen molar-refractivity contribution < 1.29 is 19.1 Å². The molecule has 1 unspecified atom stereocenters. The molecular formula is C9H7ClFNO3. The summed E-state index contributed by atoms with van der Waals surface area (Å²) < 4.78 is 13.4. The number of aliphatic carboxylic acids is 1. The van der Waals surface area contributed by atoms with Crippen LogP contribution in [0.3, 0.4) is 0 Å². The van der Waals surface area contributed by atoms with Crippen LogP contribution in [0.1, 0.15) is 11.6 Å². The Hall–Kier alpha value is -1.62. The molecule has 0 heterocycles. The second kappa shape index (κ2) is 4.75. The number of nitrogens with one attached hydrogen (secondary N) is 1. The summed E-state index contributed by atoms with van der Waals surface area (Å²) in [5.74, 6) is -2.20. The van der Waals surface area contributed by atoms with E-state index in [0.29, 0.717) is 0 Å². The van der Waals surface area contributed by atoms with Gasteiger partial charge in [0.1, 0.15) is 5.82 Å². The van der Waals surface area contributed by atoms with E-state index >= 15 is 0 Å². The van der Waals surface area contributed by atoms with Crippen LogP contribution in [0.5, 0.6) is 0 Å². The number of hydrogen-bond donors (Lipinski definition) is 2. The number of rotatable bonds is 4. The fourth-order valence-electron chi connectivity index (χ4n) is 1.11. The summed E-state index contributed by atoms with van der Waals surface area (Å²) in [6, 6.07) is 2.51. The number of carbonyl (C=O) groups excluding carboxylic acids is 1. The Kier molecular flexibility index (Phi) is 3.62. The lowest BCUT2D eigenvalue weighted by atomic mass is 10.1. The summed E-state index contributed by atoms with van der Waals surface area (Å²) in [5.41, 5.74) is -0.179. The molecule has 0 radical (unpaired) electrons. The zero-order chi connectivity index (χ0) is 11.4. The molecule has 1 rings (SSSR count). The first kappa shape index (κ1) is 11.5. The van der Waals surface area contributed by atoms with E-state index in [1.807, 2.05) is 5.32 Å². The summed E-state index contributed by atoms with van der Waals surface area (Å²) >= 11 is 5.48. The first-order valence-electron chi connectivity index (χ1n) is 3.94. The van der Waals surface area contributed by atoms with Crippen molar-refractivity contribution in [3.63, 3.8) is 0 Å². The average molecular weight is 232 g/mol. The maximum atomic E-state index is 13.4. The van der Waals surface area contributed by atoms with Gasteiger partial charge in [-0.25, -0.2) is 9.18 Å². The fraction of sp³-hybridized carbons (Fsp3) is 0.111. The SMILES string of the molecule is O=CNC(C(=O)O)c1cccc(Cl)c1F. The number of hydrogen-bond acceptors (Lipinski definition) is 2. The predicted octanol–water partition coefficient (Wildman–Crippen LogP) is 1.35. The first-order valence-corrected chi connectivity index (χ1v) is 4.32. The van der Waals surface area contributed by atoms with Crippen LogP contribution in [-0.4, -0.2) is 17.5 Å². The number of carboxylic acid groups (broad SMARTS) is 1. The topological polar surface area (TPSA) is 66.4 Å². The van der Waals surface area contributed by atoms with E-state index < -0.39 is 17.8 Å². The maximum absolute atomic E-state index is 13.4. The monoisotopic (exact) mass is 231 g/mol. The molecule has 1 aromatic carbocycles. The Morgan fingerprint density at radius 1 is 1.60 bits per heavy atom. The van der Waals surface area contributed by atoms with E-state index in [-0.39, 0.29) is 17.0 Å². The van der Waals surface area contributed by atoms with Crippen LogP contribution in [0.4, 0.5) is 4.39 Å². The van der Waals surface area contributed by atoms with Gasteiger partial charge in [0.2, 0.25) is 6.41 Å². The molecule has 1 atom stereocenters. The Bertz CT molecular complexity index is 397. The molecule has 4 nitrogen and oxygen atoms in total. The van der Waals surface area contributed by atoms with Gasteiger partial charge in [-0.2, -0.15) is 0 Å². The molecule has 0 bridgehead atoms. The number of carboxylic acids is 1.